The van der Waals surface area contributed by atoms with E-state index in [1.807, 2.05) is 0 Å². The van der Waals surface area contributed by atoms with Crippen molar-refractivity contribution in [1.82, 2.24) is 0 Å². The molecule has 4 nitrogen and oxygen atoms in total. The predicted molar refractivity (Wildman–Crippen MR) is 47.1 cm³/mol. The molecule has 0 aromatic heterocycles. The number of aromatic hydroxyl groups is 1. The van der Waals surface area contributed by atoms with E-state index in [0.717, 1.165) is 1.97 Å². The monoisotopic (exact) mass is 331 g/mol. The van der Waals surface area contributed by atoms with Crippen molar-refractivity contribution in [3.8, 4) is 5.75 Å². The molecular formula is C6H5NO3SSe2. The summed E-state index contributed by atoms with van der Waals surface area (Å²) < 4.78 is 23.7. The maximum absolute atomic E-state index is 11.4. The topological polar surface area (TPSA) is 57.4 Å². The molecule has 1 aromatic rings. The molecule has 1 aromatic carbocycles. The molecular weight excluding hydrogens is 324 g/mol. The van der Waals surface area contributed by atoms with Crippen LogP contribution in [0.1, 0.15) is 0 Å². The zero-order chi connectivity index (χ0) is 10.1. The number of phenols is 1. The molecule has 1 rings (SSSR count). The van der Waals surface area contributed by atoms with Gasteiger partial charge in [-0.25, -0.2) is 0 Å². The van der Waals surface area contributed by atoms with Gasteiger partial charge in [-0.1, -0.05) is 0 Å². The second kappa shape index (κ2) is 3.90. The van der Waals surface area contributed by atoms with E-state index in [0.29, 0.717) is 0 Å². The second-order valence-corrected chi connectivity index (χ2v) is 7.73. The van der Waals surface area contributed by atoms with Crippen molar-refractivity contribution in [2.24, 2.45) is 0 Å². The van der Waals surface area contributed by atoms with E-state index in [9.17, 15) is 8.42 Å². The van der Waals surface area contributed by atoms with Gasteiger partial charge in [-0.3, -0.25) is 0 Å². The van der Waals surface area contributed by atoms with Crippen LogP contribution in [0.25, 0.3) is 0 Å². The number of hydrogen-bond acceptors (Lipinski definition) is 3. The molecule has 0 spiro atoms. The molecule has 7 heteroatoms. The first-order valence-corrected chi connectivity index (χ1v) is 6.10. The van der Waals surface area contributed by atoms with Gasteiger partial charge in [0.2, 0.25) is 0 Å². The molecule has 0 aliphatic carbocycles. The van der Waals surface area contributed by atoms with Crippen LogP contribution in [-0.2, 0) is 10.0 Å². The summed E-state index contributed by atoms with van der Waals surface area (Å²) in [6, 6.07) is 5.28. The van der Waals surface area contributed by atoms with E-state index in [2.05, 4.69) is 32.0 Å². The van der Waals surface area contributed by atoms with E-state index in [1.165, 1.54) is 24.3 Å². The average molecular weight is 329 g/mol. The van der Waals surface area contributed by atoms with Crippen molar-refractivity contribution in [2.45, 2.75) is 4.90 Å². The fourth-order valence-electron chi connectivity index (χ4n) is 0.704. The Balaban J connectivity index is 3.25. The van der Waals surface area contributed by atoms with Gasteiger partial charge >= 0.3 is 92.5 Å². The summed E-state index contributed by atoms with van der Waals surface area (Å²) in [5.74, 6) is 0.0330. The van der Waals surface area contributed by atoms with Gasteiger partial charge in [0.1, 0.15) is 0 Å². The standard InChI is InChI=1S/C6H5NO3SSe2/c8-5-1-3-6(4-2-5)11(9,10)7(12)13/h1-4,8H. The third-order valence-electron chi connectivity index (χ3n) is 1.33. The van der Waals surface area contributed by atoms with Crippen molar-refractivity contribution in [1.29, 1.82) is 0 Å². The number of hydrogen-bond donors (Lipinski definition) is 1. The fourth-order valence-corrected chi connectivity index (χ4v) is 2.44. The number of nitrogens with zero attached hydrogens (tertiary/aromatic N) is 1. The molecule has 70 valence electrons. The first-order valence-electron chi connectivity index (χ1n) is 3.13. The summed E-state index contributed by atoms with van der Waals surface area (Å²) in [6.07, 6.45) is 0. The Morgan fingerprint density at radius 2 is 1.77 bits per heavy atom. The van der Waals surface area contributed by atoms with Gasteiger partial charge in [0.25, 0.3) is 0 Å². The van der Waals surface area contributed by atoms with Crippen LogP contribution < -0.4 is 0 Å². The quantitative estimate of drug-likeness (QED) is 0.747. The summed E-state index contributed by atoms with van der Waals surface area (Å²) in [5.41, 5.74) is 0. The number of sulfonamides is 1. The fraction of sp³-hybridized carbons (Fsp3) is 0. The Morgan fingerprint density at radius 1 is 1.31 bits per heavy atom. The maximum atomic E-state index is 11.4. The van der Waals surface area contributed by atoms with Gasteiger partial charge in [-0.15, -0.1) is 0 Å². The Kier molecular flexibility index (Phi) is 3.27. The van der Waals surface area contributed by atoms with Crippen LogP contribution >= 0.6 is 0 Å². The Labute approximate surface area is 92.3 Å². The SMILES string of the molecule is O=S(=O)(c1ccc(O)cc1)[N+](=[Se])[Se-]. The summed E-state index contributed by atoms with van der Waals surface area (Å²) >= 11 is 4.64. The molecule has 0 amide bonds. The first kappa shape index (κ1) is 10.9. The predicted octanol–water partition coefficient (Wildman–Crippen LogP) is -0.471. The molecule has 0 saturated heterocycles. The van der Waals surface area contributed by atoms with Crippen LogP contribution in [0, 0.1) is 0 Å². The molecule has 0 heterocycles. The molecule has 13 heavy (non-hydrogen) atoms. The van der Waals surface area contributed by atoms with Crippen molar-refractivity contribution < 1.29 is 15.5 Å². The van der Waals surface area contributed by atoms with Crippen LogP contribution in [0.4, 0.5) is 0 Å². The Morgan fingerprint density at radius 3 is 2.15 bits per heavy atom. The Bertz CT molecular complexity index is 426. The molecule has 0 aliphatic rings. The molecule has 0 saturated carbocycles. The Hall–Kier alpha value is -0.191. The average Bonchev–Trinajstić information content (AvgIpc) is 2.04. The number of phenolic OH excluding ortho intramolecular Hbond substituents is 1. The van der Waals surface area contributed by atoms with E-state index >= 15 is 0 Å². The van der Waals surface area contributed by atoms with Crippen LogP contribution in [0.15, 0.2) is 29.2 Å². The number of benzene rings is 1. The summed E-state index contributed by atoms with van der Waals surface area (Å²) in [6.45, 7) is 0. The second-order valence-electron chi connectivity index (χ2n) is 2.19. The van der Waals surface area contributed by atoms with Crippen LogP contribution in [0.2, 0.25) is 0 Å². The van der Waals surface area contributed by atoms with Gasteiger partial charge < -0.3 is 0 Å². The van der Waals surface area contributed by atoms with Crippen molar-refractivity contribution in [3.05, 3.63) is 24.3 Å². The van der Waals surface area contributed by atoms with E-state index in [-0.39, 0.29) is 10.6 Å². The zero-order valence-electron chi connectivity index (χ0n) is 6.25. The van der Waals surface area contributed by atoms with E-state index < -0.39 is 10.0 Å². The van der Waals surface area contributed by atoms with Gasteiger partial charge in [0.05, 0.1) is 0 Å². The van der Waals surface area contributed by atoms with E-state index in [4.69, 9.17) is 5.11 Å². The van der Waals surface area contributed by atoms with Crippen LogP contribution in [0.3, 0.4) is 0 Å². The third kappa shape index (κ3) is 2.39. The van der Waals surface area contributed by atoms with E-state index in [1.54, 1.807) is 0 Å². The summed E-state index contributed by atoms with van der Waals surface area (Å²) in [5, 5.41) is 8.94. The van der Waals surface area contributed by atoms with Gasteiger partial charge in [0, 0.05) is 0 Å². The van der Waals surface area contributed by atoms with Gasteiger partial charge in [-0.05, 0) is 0 Å². The third-order valence-corrected chi connectivity index (χ3v) is 5.06. The molecule has 1 N–H and O–H groups in total. The van der Waals surface area contributed by atoms with Crippen molar-refractivity contribution >= 4 is 42.1 Å². The molecule has 0 aliphatic heterocycles. The first-order chi connectivity index (χ1) is 5.94. The minimum atomic E-state index is -3.48. The minimum absolute atomic E-state index is 0.0330. The molecule has 0 atom stereocenters. The zero-order valence-corrected chi connectivity index (χ0v) is 10.5. The van der Waals surface area contributed by atoms with Gasteiger partial charge in [0.15, 0.2) is 0 Å². The molecule has 0 fully saturated rings. The van der Waals surface area contributed by atoms with Crippen LogP contribution in [-0.4, -0.2) is 47.5 Å². The van der Waals surface area contributed by atoms with Gasteiger partial charge in [-0.2, -0.15) is 0 Å². The van der Waals surface area contributed by atoms with Crippen molar-refractivity contribution in [3.63, 3.8) is 0 Å². The summed E-state index contributed by atoms with van der Waals surface area (Å²) in [4.78, 5) is 0.114. The molecule has 0 bridgehead atoms. The molecule has 0 unspecified atom stereocenters. The van der Waals surface area contributed by atoms with Crippen molar-refractivity contribution in [2.75, 3.05) is 0 Å². The summed E-state index contributed by atoms with van der Waals surface area (Å²) in [7, 11) is -3.48. The molecule has 0 radical (unpaired) electrons. The van der Waals surface area contributed by atoms with Crippen LogP contribution in [0.5, 0.6) is 5.75 Å². The number of rotatable bonds is 2. The normalized spacial score (nSPS) is 11.1.